The summed E-state index contributed by atoms with van der Waals surface area (Å²) in [7, 11) is 0. The van der Waals surface area contributed by atoms with Gasteiger partial charge < -0.3 is 4.90 Å². The van der Waals surface area contributed by atoms with Crippen molar-refractivity contribution in [1.29, 1.82) is 0 Å². The van der Waals surface area contributed by atoms with Gasteiger partial charge in [0.25, 0.3) is 0 Å². The molecule has 1 atom stereocenters. The van der Waals surface area contributed by atoms with E-state index in [-0.39, 0.29) is 0 Å². The smallest absolute Gasteiger partial charge is 0.0722 e. The molecule has 0 bridgehead atoms. The summed E-state index contributed by atoms with van der Waals surface area (Å²) in [5.41, 5.74) is 3.77. The van der Waals surface area contributed by atoms with Gasteiger partial charge in [-0.3, -0.25) is 4.98 Å². The molecule has 0 aliphatic carbocycles. The highest BCUT2D eigenvalue weighted by atomic mass is 15.1. The number of hydrogen-bond acceptors (Lipinski definition) is 2. The third kappa shape index (κ3) is 2.07. The van der Waals surface area contributed by atoms with Crippen LogP contribution in [-0.2, 0) is 0 Å². The average Bonchev–Trinajstić information content (AvgIpc) is 2.38. The highest BCUT2D eigenvalue weighted by molar-refractivity contribution is 5.92. The maximum atomic E-state index is 4.47. The second-order valence-corrected chi connectivity index (χ2v) is 5.54. The minimum absolute atomic E-state index is 0.798. The number of anilines is 1. The molecule has 0 saturated carbocycles. The molecule has 0 spiro atoms. The minimum Gasteiger partial charge on any atom is -0.371 e. The molecular formula is C16H20N2. The van der Waals surface area contributed by atoms with E-state index < -0.39 is 0 Å². The molecule has 3 rings (SSSR count). The number of nitrogens with zero attached hydrogens (tertiary/aromatic N) is 2. The van der Waals surface area contributed by atoms with Crippen LogP contribution in [0.4, 0.5) is 5.69 Å². The lowest BCUT2D eigenvalue weighted by Crippen LogP contribution is -2.34. The predicted octanol–water partition coefficient (Wildman–Crippen LogP) is 3.78. The second kappa shape index (κ2) is 4.60. The van der Waals surface area contributed by atoms with Gasteiger partial charge >= 0.3 is 0 Å². The van der Waals surface area contributed by atoms with Crippen LogP contribution in [0.15, 0.2) is 30.5 Å². The van der Waals surface area contributed by atoms with Gasteiger partial charge in [-0.05, 0) is 43.9 Å². The zero-order chi connectivity index (χ0) is 12.5. The molecule has 2 heterocycles. The molecule has 2 heteroatoms. The van der Waals surface area contributed by atoms with E-state index >= 15 is 0 Å². The quantitative estimate of drug-likeness (QED) is 0.754. The molecule has 2 nitrogen and oxygen atoms in total. The van der Waals surface area contributed by atoms with Gasteiger partial charge in [-0.25, -0.2) is 0 Å². The molecular weight excluding hydrogens is 220 g/mol. The fourth-order valence-electron chi connectivity index (χ4n) is 2.93. The van der Waals surface area contributed by atoms with Crippen molar-refractivity contribution in [3.63, 3.8) is 0 Å². The summed E-state index contributed by atoms with van der Waals surface area (Å²) in [6, 6.07) is 8.69. The number of aryl methyl sites for hydroxylation is 1. The standard InChI is InChI=1S/C16H20N2/c1-12-5-6-15-14(10-12)16(7-8-17-15)18-9-3-4-13(2)11-18/h5-8,10,13H,3-4,9,11H2,1-2H3. The van der Waals surface area contributed by atoms with Gasteiger partial charge in [0.15, 0.2) is 0 Å². The molecule has 1 aromatic carbocycles. The number of pyridine rings is 1. The first-order valence-corrected chi connectivity index (χ1v) is 6.84. The largest absolute Gasteiger partial charge is 0.371 e. The monoisotopic (exact) mass is 240 g/mol. The van der Waals surface area contributed by atoms with Gasteiger partial charge in [-0.15, -0.1) is 0 Å². The molecule has 2 aromatic rings. The second-order valence-electron chi connectivity index (χ2n) is 5.54. The van der Waals surface area contributed by atoms with Crippen LogP contribution >= 0.6 is 0 Å². The molecule has 1 saturated heterocycles. The summed E-state index contributed by atoms with van der Waals surface area (Å²) in [5.74, 6) is 0.798. The fraction of sp³-hybridized carbons (Fsp3) is 0.438. The lowest BCUT2D eigenvalue weighted by Gasteiger charge is -2.33. The van der Waals surface area contributed by atoms with Gasteiger partial charge in [-0.1, -0.05) is 18.6 Å². The van der Waals surface area contributed by atoms with Crippen molar-refractivity contribution in [3.05, 3.63) is 36.0 Å². The van der Waals surface area contributed by atoms with Crippen molar-refractivity contribution in [3.8, 4) is 0 Å². The number of fused-ring (bicyclic) bond motifs is 1. The van der Waals surface area contributed by atoms with Crippen molar-refractivity contribution >= 4 is 16.6 Å². The molecule has 0 amide bonds. The zero-order valence-electron chi connectivity index (χ0n) is 11.2. The molecule has 0 radical (unpaired) electrons. The van der Waals surface area contributed by atoms with Crippen LogP contribution in [-0.4, -0.2) is 18.1 Å². The van der Waals surface area contributed by atoms with Crippen LogP contribution in [0.1, 0.15) is 25.3 Å². The number of hydrogen-bond donors (Lipinski definition) is 0. The number of benzene rings is 1. The number of piperidine rings is 1. The topological polar surface area (TPSA) is 16.1 Å². The van der Waals surface area contributed by atoms with Crippen molar-refractivity contribution in [2.75, 3.05) is 18.0 Å². The van der Waals surface area contributed by atoms with Crippen LogP contribution < -0.4 is 4.90 Å². The van der Waals surface area contributed by atoms with Crippen LogP contribution in [0, 0.1) is 12.8 Å². The first-order chi connectivity index (χ1) is 8.74. The molecule has 1 unspecified atom stereocenters. The van der Waals surface area contributed by atoms with Crippen LogP contribution in [0.3, 0.4) is 0 Å². The van der Waals surface area contributed by atoms with Crippen molar-refractivity contribution in [2.45, 2.75) is 26.7 Å². The first-order valence-electron chi connectivity index (χ1n) is 6.84. The zero-order valence-corrected chi connectivity index (χ0v) is 11.2. The number of rotatable bonds is 1. The molecule has 1 aliphatic heterocycles. The maximum absolute atomic E-state index is 4.47. The number of aromatic nitrogens is 1. The van der Waals surface area contributed by atoms with E-state index in [9.17, 15) is 0 Å². The van der Waals surface area contributed by atoms with E-state index in [0.717, 1.165) is 11.4 Å². The van der Waals surface area contributed by atoms with Gasteiger partial charge in [0, 0.05) is 30.4 Å². The summed E-state index contributed by atoms with van der Waals surface area (Å²) in [6.45, 7) is 6.85. The van der Waals surface area contributed by atoms with Crippen LogP contribution in [0.2, 0.25) is 0 Å². The van der Waals surface area contributed by atoms with Gasteiger partial charge in [-0.2, -0.15) is 0 Å². The Labute approximate surface area is 109 Å². The third-order valence-electron chi connectivity index (χ3n) is 3.87. The lowest BCUT2D eigenvalue weighted by molar-refractivity contribution is 0.447. The van der Waals surface area contributed by atoms with E-state index in [2.05, 4.69) is 48.0 Å². The lowest BCUT2D eigenvalue weighted by atomic mass is 9.99. The van der Waals surface area contributed by atoms with Gasteiger partial charge in [0.05, 0.1) is 5.52 Å². The highest BCUT2D eigenvalue weighted by Crippen LogP contribution is 2.29. The minimum atomic E-state index is 0.798. The average molecular weight is 240 g/mol. The Morgan fingerprint density at radius 3 is 3.00 bits per heavy atom. The molecule has 0 N–H and O–H groups in total. The Hall–Kier alpha value is -1.57. The highest BCUT2D eigenvalue weighted by Gasteiger charge is 2.18. The summed E-state index contributed by atoms with van der Waals surface area (Å²) < 4.78 is 0. The van der Waals surface area contributed by atoms with E-state index in [1.54, 1.807) is 0 Å². The Morgan fingerprint density at radius 2 is 2.17 bits per heavy atom. The molecule has 94 valence electrons. The van der Waals surface area contributed by atoms with E-state index in [1.165, 1.54) is 42.6 Å². The van der Waals surface area contributed by atoms with Crippen molar-refractivity contribution < 1.29 is 0 Å². The maximum Gasteiger partial charge on any atom is 0.0722 e. The van der Waals surface area contributed by atoms with Crippen LogP contribution in [0.5, 0.6) is 0 Å². The summed E-state index contributed by atoms with van der Waals surface area (Å²) in [6.07, 6.45) is 4.60. The Kier molecular flexibility index (Phi) is 2.94. The van der Waals surface area contributed by atoms with E-state index in [0.29, 0.717) is 0 Å². The van der Waals surface area contributed by atoms with E-state index in [1.807, 2.05) is 6.20 Å². The SMILES string of the molecule is Cc1ccc2nccc(N3CCCC(C)C3)c2c1. The van der Waals surface area contributed by atoms with Crippen molar-refractivity contribution in [2.24, 2.45) is 5.92 Å². The molecule has 1 aliphatic rings. The van der Waals surface area contributed by atoms with Crippen LogP contribution in [0.25, 0.3) is 10.9 Å². The molecule has 18 heavy (non-hydrogen) atoms. The summed E-state index contributed by atoms with van der Waals surface area (Å²) in [4.78, 5) is 7.00. The Morgan fingerprint density at radius 1 is 1.28 bits per heavy atom. The van der Waals surface area contributed by atoms with E-state index in [4.69, 9.17) is 0 Å². The fourth-order valence-corrected chi connectivity index (χ4v) is 2.93. The Bertz CT molecular complexity index is 562. The van der Waals surface area contributed by atoms with Crippen molar-refractivity contribution in [1.82, 2.24) is 4.98 Å². The summed E-state index contributed by atoms with van der Waals surface area (Å²) in [5, 5.41) is 1.30. The normalized spacial score (nSPS) is 20.3. The first kappa shape index (κ1) is 11.5. The predicted molar refractivity (Wildman–Crippen MR) is 77.1 cm³/mol. The summed E-state index contributed by atoms with van der Waals surface area (Å²) >= 11 is 0. The molecule has 1 fully saturated rings. The molecule has 1 aromatic heterocycles. The van der Waals surface area contributed by atoms with Gasteiger partial charge in [0.2, 0.25) is 0 Å². The Balaban J connectivity index is 2.07. The van der Waals surface area contributed by atoms with Gasteiger partial charge in [0.1, 0.15) is 0 Å². The third-order valence-corrected chi connectivity index (χ3v) is 3.87.